The molecule has 42 heavy (non-hydrogen) atoms. The Kier molecular flexibility index (Phi) is 32.5. The third-order valence-electron chi connectivity index (χ3n) is 7.37. The Morgan fingerprint density at radius 3 is 1.48 bits per heavy atom. The summed E-state index contributed by atoms with van der Waals surface area (Å²) < 4.78 is 22.0. The highest BCUT2D eigenvalue weighted by Crippen LogP contribution is 2.17. The summed E-state index contributed by atoms with van der Waals surface area (Å²) in [6.07, 6.45) is 31.6. The van der Waals surface area contributed by atoms with Crippen LogP contribution < -0.4 is 0 Å². The molecule has 0 rings (SSSR count). The molecule has 0 aromatic rings. The molecule has 0 aliphatic heterocycles. The number of carbonyl (C=O) groups is 2. The Bertz CT molecular complexity index is 597. The highest BCUT2D eigenvalue weighted by atomic mass is 16.5. The summed E-state index contributed by atoms with van der Waals surface area (Å²) in [6, 6.07) is 0. The lowest BCUT2D eigenvalue weighted by Crippen LogP contribution is -2.14. The molecule has 6 nitrogen and oxygen atoms in total. The van der Waals surface area contributed by atoms with E-state index in [1.807, 2.05) is 12.2 Å². The predicted octanol–water partition coefficient (Wildman–Crippen LogP) is 9.84. The summed E-state index contributed by atoms with van der Waals surface area (Å²) in [7, 11) is 1.75. The SMILES string of the molecule is CCCC/C=C/COC(=O)CCCCCCCC(CCCCCCCC(=O)OC/C=C/CCCC)OCCCCOC. The Hall–Kier alpha value is -1.66. The zero-order valence-corrected chi connectivity index (χ0v) is 27.7. The number of hydrogen-bond donors (Lipinski definition) is 0. The minimum absolute atomic E-state index is 0.0809. The van der Waals surface area contributed by atoms with Crippen molar-refractivity contribution in [2.45, 2.75) is 161 Å². The normalized spacial score (nSPS) is 11.7. The topological polar surface area (TPSA) is 71.1 Å². The van der Waals surface area contributed by atoms with Crippen LogP contribution in [0.3, 0.4) is 0 Å². The van der Waals surface area contributed by atoms with E-state index in [0.717, 1.165) is 90.3 Å². The monoisotopic (exact) mass is 594 g/mol. The van der Waals surface area contributed by atoms with E-state index in [1.165, 1.54) is 51.4 Å². The van der Waals surface area contributed by atoms with E-state index in [0.29, 0.717) is 32.2 Å². The fourth-order valence-electron chi connectivity index (χ4n) is 4.70. The van der Waals surface area contributed by atoms with E-state index in [4.69, 9.17) is 18.9 Å². The first-order chi connectivity index (χ1) is 20.6. The molecule has 0 amide bonds. The van der Waals surface area contributed by atoms with Gasteiger partial charge in [0.15, 0.2) is 0 Å². The number of carbonyl (C=O) groups excluding carboxylic acids is 2. The van der Waals surface area contributed by atoms with Crippen LogP contribution in [0.2, 0.25) is 0 Å². The fourth-order valence-corrected chi connectivity index (χ4v) is 4.70. The highest BCUT2D eigenvalue weighted by Gasteiger charge is 2.10. The molecule has 0 N–H and O–H groups in total. The number of methoxy groups -OCH3 is 1. The van der Waals surface area contributed by atoms with Crippen molar-refractivity contribution < 1.29 is 28.5 Å². The van der Waals surface area contributed by atoms with Gasteiger partial charge in [-0.25, -0.2) is 0 Å². The number of allylic oxidation sites excluding steroid dienone is 2. The molecule has 0 aromatic carbocycles. The van der Waals surface area contributed by atoms with Gasteiger partial charge in [-0.15, -0.1) is 0 Å². The maximum Gasteiger partial charge on any atom is 0.306 e. The van der Waals surface area contributed by atoms with Crippen LogP contribution in [0, 0.1) is 0 Å². The van der Waals surface area contributed by atoms with Gasteiger partial charge in [0.25, 0.3) is 0 Å². The van der Waals surface area contributed by atoms with Crippen LogP contribution in [0.25, 0.3) is 0 Å². The largest absolute Gasteiger partial charge is 0.461 e. The molecule has 0 atom stereocenters. The van der Waals surface area contributed by atoms with Crippen LogP contribution in [0.4, 0.5) is 0 Å². The van der Waals surface area contributed by atoms with E-state index in [-0.39, 0.29) is 11.9 Å². The predicted molar refractivity (Wildman–Crippen MR) is 175 cm³/mol. The van der Waals surface area contributed by atoms with Crippen molar-refractivity contribution in [3.63, 3.8) is 0 Å². The first-order valence-electron chi connectivity index (χ1n) is 17.4. The Morgan fingerprint density at radius 1 is 0.548 bits per heavy atom. The fraction of sp³-hybridized carbons (Fsp3) is 0.833. The number of ether oxygens (including phenoxy) is 4. The van der Waals surface area contributed by atoms with Crippen molar-refractivity contribution in [3.8, 4) is 0 Å². The molecule has 0 aliphatic carbocycles. The summed E-state index contributed by atoms with van der Waals surface area (Å²) in [5.41, 5.74) is 0. The van der Waals surface area contributed by atoms with Gasteiger partial charge in [-0.2, -0.15) is 0 Å². The molecule has 0 radical (unpaired) electrons. The minimum atomic E-state index is -0.0809. The van der Waals surface area contributed by atoms with E-state index in [2.05, 4.69) is 26.0 Å². The second-order valence-electron chi connectivity index (χ2n) is 11.4. The summed E-state index contributed by atoms with van der Waals surface area (Å²) in [5.74, 6) is -0.162. The quantitative estimate of drug-likeness (QED) is 0.0438. The van der Waals surface area contributed by atoms with Gasteiger partial charge in [0.1, 0.15) is 13.2 Å². The van der Waals surface area contributed by atoms with E-state index in [1.54, 1.807) is 7.11 Å². The molecule has 0 unspecified atom stereocenters. The minimum Gasteiger partial charge on any atom is -0.461 e. The number of esters is 2. The molecule has 0 aliphatic rings. The van der Waals surface area contributed by atoms with E-state index in [9.17, 15) is 9.59 Å². The van der Waals surface area contributed by atoms with Crippen LogP contribution in [0.5, 0.6) is 0 Å². The van der Waals surface area contributed by atoms with Crippen molar-refractivity contribution in [2.75, 3.05) is 33.5 Å². The molecule has 0 spiro atoms. The number of unbranched alkanes of at least 4 members (excludes halogenated alkanes) is 13. The van der Waals surface area contributed by atoms with Crippen LogP contribution >= 0.6 is 0 Å². The maximum atomic E-state index is 11.9. The summed E-state index contributed by atoms with van der Waals surface area (Å²) >= 11 is 0. The molecule has 6 heteroatoms. The van der Waals surface area contributed by atoms with Crippen molar-refractivity contribution in [1.82, 2.24) is 0 Å². The molecule has 0 saturated carbocycles. The standard InChI is InChI=1S/C36H66O6/c1-4-6-8-16-22-32-41-35(37)28-20-14-10-12-18-26-34(40-31-25-24-30-39-3)27-19-13-11-15-21-29-36(38)42-33-23-17-9-7-5-2/h16-17,22-23,34H,4-15,18-21,24-33H2,1-3H3/b22-16+,23-17+. The van der Waals surface area contributed by atoms with Gasteiger partial charge in [-0.3, -0.25) is 9.59 Å². The third kappa shape index (κ3) is 31.3. The molecule has 0 aromatic heterocycles. The second kappa shape index (κ2) is 33.8. The molecule has 246 valence electrons. The zero-order chi connectivity index (χ0) is 30.8. The van der Waals surface area contributed by atoms with Gasteiger partial charge in [-0.05, 0) is 51.4 Å². The van der Waals surface area contributed by atoms with Crippen LogP contribution in [-0.4, -0.2) is 51.6 Å². The van der Waals surface area contributed by atoms with E-state index < -0.39 is 0 Å². The first-order valence-corrected chi connectivity index (χ1v) is 17.4. The van der Waals surface area contributed by atoms with Gasteiger partial charge >= 0.3 is 11.9 Å². The van der Waals surface area contributed by atoms with Gasteiger partial charge in [0.05, 0.1) is 6.10 Å². The van der Waals surface area contributed by atoms with Gasteiger partial charge in [-0.1, -0.05) is 115 Å². The molecule has 0 bridgehead atoms. The summed E-state index contributed by atoms with van der Waals surface area (Å²) in [6.45, 7) is 6.76. The van der Waals surface area contributed by atoms with E-state index >= 15 is 0 Å². The molecule has 0 fully saturated rings. The van der Waals surface area contributed by atoms with Crippen molar-refractivity contribution in [1.29, 1.82) is 0 Å². The van der Waals surface area contributed by atoms with Gasteiger partial charge < -0.3 is 18.9 Å². The Labute approximate surface area is 259 Å². The Morgan fingerprint density at radius 2 is 1.00 bits per heavy atom. The highest BCUT2D eigenvalue weighted by molar-refractivity contribution is 5.69. The second-order valence-corrected chi connectivity index (χ2v) is 11.4. The summed E-state index contributed by atoms with van der Waals surface area (Å²) in [4.78, 5) is 23.7. The molecular formula is C36H66O6. The lowest BCUT2D eigenvalue weighted by Gasteiger charge is -2.18. The molecule has 0 heterocycles. The van der Waals surface area contributed by atoms with Crippen LogP contribution in [-0.2, 0) is 28.5 Å². The average Bonchev–Trinajstić information content (AvgIpc) is 2.99. The Balaban J connectivity index is 3.94. The van der Waals surface area contributed by atoms with Crippen molar-refractivity contribution in [2.24, 2.45) is 0 Å². The first kappa shape index (κ1) is 40.3. The van der Waals surface area contributed by atoms with Crippen molar-refractivity contribution >= 4 is 11.9 Å². The average molecular weight is 595 g/mol. The summed E-state index contributed by atoms with van der Waals surface area (Å²) in [5, 5.41) is 0. The van der Waals surface area contributed by atoms with Gasteiger partial charge in [0.2, 0.25) is 0 Å². The van der Waals surface area contributed by atoms with Gasteiger partial charge in [0, 0.05) is 33.2 Å². The lowest BCUT2D eigenvalue weighted by atomic mass is 10.0. The number of rotatable bonds is 32. The molecule has 0 saturated heterocycles. The number of hydrogen-bond acceptors (Lipinski definition) is 6. The maximum absolute atomic E-state index is 11.9. The smallest absolute Gasteiger partial charge is 0.306 e. The van der Waals surface area contributed by atoms with Crippen molar-refractivity contribution in [3.05, 3.63) is 24.3 Å². The molecular weight excluding hydrogens is 528 g/mol. The zero-order valence-electron chi connectivity index (χ0n) is 27.7. The lowest BCUT2D eigenvalue weighted by molar-refractivity contribution is -0.143. The van der Waals surface area contributed by atoms with Crippen LogP contribution in [0.1, 0.15) is 155 Å². The third-order valence-corrected chi connectivity index (χ3v) is 7.37. The van der Waals surface area contributed by atoms with Crippen LogP contribution in [0.15, 0.2) is 24.3 Å².